The summed E-state index contributed by atoms with van der Waals surface area (Å²) in [5.74, 6) is 0.329. The van der Waals surface area contributed by atoms with E-state index in [1.54, 1.807) is 13.0 Å². The molecule has 5 nitrogen and oxygen atoms in total. The molecular weight excluding hydrogens is 306 g/mol. The zero-order valence-electron chi connectivity index (χ0n) is 13.6. The van der Waals surface area contributed by atoms with E-state index in [0.29, 0.717) is 31.0 Å². The summed E-state index contributed by atoms with van der Waals surface area (Å²) in [5.41, 5.74) is 1.01. The molecule has 0 heterocycles. The predicted molar refractivity (Wildman–Crippen MR) is 90.8 cm³/mol. The number of benzene rings is 2. The van der Waals surface area contributed by atoms with Crippen LogP contribution in [0.1, 0.15) is 12.5 Å². The van der Waals surface area contributed by atoms with E-state index in [4.69, 9.17) is 19.5 Å². The van der Waals surface area contributed by atoms with Crippen molar-refractivity contribution in [2.75, 3.05) is 26.4 Å². The Kier molecular flexibility index (Phi) is 6.35. The summed E-state index contributed by atoms with van der Waals surface area (Å²) in [6.07, 6.45) is 0. The highest BCUT2D eigenvalue weighted by Gasteiger charge is 2.02. The van der Waals surface area contributed by atoms with Crippen LogP contribution in [-0.4, -0.2) is 32.4 Å². The van der Waals surface area contributed by atoms with Gasteiger partial charge in [0.2, 0.25) is 0 Å². The Balaban J connectivity index is 1.71. The number of carbonyl (C=O) groups is 1. The zero-order valence-corrected chi connectivity index (χ0v) is 13.6. The smallest absolute Gasteiger partial charge is 0.333 e. The highest BCUT2D eigenvalue weighted by Crippen LogP contribution is 2.21. The Morgan fingerprint density at radius 2 is 1.79 bits per heavy atom. The summed E-state index contributed by atoms with van der Waals surface area (Å²) >= 11 is 0. The highest BCUT2D eigenvalue weighted by molar-refractivity contribution is 5.87. The molecule has 24 heavy (non-hydrogen) atoms. The number of nitriles is 1. The first-order valence-corrected chi connectivity index (χ1v) is 7.57. The number of carbonyl (C=O) groups excluding carboxylic acids is 1. The second-order valence-electron chi connectivity index (χ2n) is 5.21. The molecule has 0 saturated carbocycles. The summed E-state index contributed by atoms with van der Waals surface area (Å²) < 4.78 is 15.9. The number of ether oxygens (including phenoxy) is 3. The molecule has 5 heteroatoms. The van der Waals surface area contributed by atoms with E-state index in [0.717, 1.165) is 16.5 Å². The summed E-state index contributed by atoms with van der Waals surface area (Å²) in [4.78, 5) is 11.1. The number of nitrogens with zero attached hydrogens (tertiary/aromatic N) is 1. The van der Waals surface area contributed by atoms with Crippen molar-refractivity contribution in [2.24, 2.45) is 0 Å². The van der Waals surface area contributed by atoms with E-state index in [-0.39, 0.29) is 6.61 Å². The van der Waals surface area contributed by atoms with Gasteiger partial charge in [-0.25, -0.2) is 4.79 Å². The van der Waals surface area contributed by atoms with Crippen molar-refractivity contribution in [1.82, 2.24) is 0 Å². The second kappa shape index (κ2) is 8.70. The first kappa shape index (κ1) is 17.5. The molecular formula is C19H19NO4. The topological polar surface area (TPSA) is 68.6 Å². The lowest BCUT2D eigenvalue weighted by atomic mass is 10.1. The average molecular weight is 325 g/mol. The SMILES string of the molecule is C=C(C)C(=O)OCCOCCOc1ccc2cc(C#N)ccc2c1. The number of rotatable bonds is 8. The lowest BCUT2D eigenvalue weighted by molar-refractivity contribution is -0.140. The van der Waals surface area contributed by atoms with Crippen LogP contribution in [0.25, 0.3) is 10.8 Å². The maximum atomic E-state index is 11.1. The van der Waals surface area contributed by atoms with E-state index in [1.165, 1.54) is 0 Å². The minimum absolute atomic E-state index is 0.197. The van der Waals surface area contributed by atoms with Crippen LogP contribution in [0.3, 0.4) is 0 Å². The lowest BCUT2D eigenvalue weighted by Gasteiger charge is -2.09. The standard InChI is InChI=1S/C19H19NO4/c1-14(2)19(21)24-10-8-22-7-9-23-18-6-5-16-11-15(13-20)3-4-17(16)12-18/h3-6,11-12H,1,7-10H2,2H3. The molecule has 0 aliphatic carbocycles. The maximum Gasteiger partial charge on any atom is 0.333 e. The van der Waals surface area contributed by atoms with Crippen molar-refractivity contribution in [3.8, 4) is 11.8 Å². The van der Waals surface area contributed by atoms with Crippen LogP contribution in [-0.2, 0) is 14.3 Å². The zero-order chi connectivity index (χ0) is 17.4. The van der Waals surface area contributed by atoms with Crippen LogP contribution in [0.15, 0.2) is 48.6 Å². The van der Waals surface area contributed by atoms with Crippen LogP contribution in [0.4, 0.5) is 0 Å². The van der Waals surface area contributed by atoms with Crippen LogP contribution >= 0.6 is 0 Å². The molecule has 2 rings (SSSR count). The minimum atomic E-state index is -0.412. The van der Waals surface area contributed by atoms with Gasteiger partial charge in [-0.3, -0.25) is 0 Å². The summed E-state index contributed by atoms with van der Waals surface area (Å²) in [6.45, 7) is 6.41. The van der Waals surface area contributed by atoms with E-state index in [1.807, 2.05) is 30.3 Å². The van der Waals surface area contributed by atoms with Crippen molar-refractivity contribution < 1.29 is 19.0 Å². The molecule has 0 atom stereocenters. The Bertz CT molecular complexity index is 777. The monoisotopic (exact) mass is 325 g/mol. The molecule has 0 spiro atoms. The number of esters is 1. The van der Waals surface area contributed by atoms with E-state index in [2.05, 4.69) is 12.6 Å². The van der Waals surface area contributed by atoms with Crippen molar-refractivity contribution >= 4 is 16.7 Å². The third-order valence-electron chi connectivity index (χ3n) is 3.25. The van der Waals surface area contributed by atoms with Gasteiger partial charge in [-0.05, 0) is 42.0 Å². The average Bonchev–Trinajstić information content (AvgIpc) is 2.59. The quantitative estimate of drug-likeness (QED) is 0.423. The second-order valence-corrected chi connectivity index (χ2v) is 5.21. The van der Waals surface area contributed by atoms with Gasteiger partial charge in [0, 0.05) is 5.57 Å². The summed E-state index contributed by atoms with van der Waals surface area (Å²) in [7, 11) is 0. The van der Waals surface area contributed by atoms with E-state index in [9.17, 15) is 4.79 Å². The number of fused-ring (bicyclic) bond motifs is 1. The molecule has 0 radical (unpaired) electrons. The summed E-state index contributed by atoms with van der Waals surface area (Å²) in [6, 6.07) is 13.3. The number of hydrogen-bond acceptors (Lipinski definition) is 5. The summed E-state index contributed by atoms with van der Waals surface area (Å²) in [5, 5.41) is 10.9. The molecule has 0 N–H and O–H groups in total. The minimum Gasteiger partial charge on any atom is -0.491 e. The molecule has 2 aromatic rings. The van der Waals surface area contributed by atoms with Gasteiger partial charge in [-0.1, -0.05) is 18.7 Å². The first-order chi connectivity index (χ1) is 11.6. The van der Waals surface area contributed by atoms with Gasteiger partial charge >= 0.3 is 5.97 Å². The van der Waals surface area contributed by atoms with E-state index < -0.39 is 5.97 Å². The van der Waals surface area contributed by atoms with Gasteiger partial charge in [-0.2, -0.15) is 5.26 Å². The molecule has 0 aliphatic heterocycles. The molecule has 0 fully saturated rings. The van der Waals surface area contributed by atoms with Gasteiger partial charge in [0.25, 0.3) is 0 Å². The fourth-order valence-corrected chi connectivity index (χ4v) is 2.02. The Hall–Kier alpha value is -2.84. The third kappa shape index (κ3) is 5.11. The molecule has 124 valence electrons. The third-order valence-corrected chi connectivity index (χ3v) is 3.25. The Morgan fingerprint density at radius 3 is 2.54 bits per heavy atom. The maximum absolute atomic E-state index is 11.1. The van der Waals surface area contributed by atoms with Gasteiger partial charge in [0.1, 0.15) is 19.0 Å². The van der Waals surface area contributed by atoms with Gasteiger partial charge in [-0.15, -0.1) is 0 Å². The van der Waals surface area contributed by atoms with Gasteiger partial charge in [0.15, 0.2) is 0 Å². The van der Waals surface area contributed by atoms with Crippen molar-refractivity contribution in [1.29, 1.82) is 5.26 Å². The lowest BCUT2D eigenvalue weighted by Crippen LogP contribution is -2.13. The van der Waals surface area contributed by atoms with Gasteiger partial charge in [0.05, 0.1) is 24.8 Å². The normalized spacial score (nSPS) is 10.2. The van der Waals surface area contributed by atoms with Crippen LogP contribution in [0.2, 0.25) is 0 Å². The van der Waals surface area contributed by atoms with Crippen LogP contribution in [0, 0.1) is 11.3 Å². The fraction of sp³-hybridized carbons (Fsp3) is 0.263. The van der Waals surface area contributed by atoms with Crippen LogP contribution < -0.4 is 4.74 Å². The molecule has 0 amide bonds. The fourth-order valence-electron chi connectivity index (χ4n) is 2.02. The van der Waals surface area contributed by atoms with Crippen LogP contribution in [0.5, 0.6) is 5.75 Å². The molecule has 0 bridgehead atoms. The molecule has 2 aromatic carbocycles. The molecule has 0 unspecified atom stereocenters. The van der Waals surface area contributed by atoms with Crippen molar-refractivity contribution in [3.63, 3.8) is 0 Å². The number of hydrogen-bond donors (Lipinski definition) is 0. The Morgan fingerprint density at radius 1 is 1.08 bits per heavy atom. The van der Waals surface area contributed by atoms with Crippen molar-refractivity contribution in [2.45, 2.75) is 6.92 Å². The van der Waals surface area contributed by atoms with Crippen molar-refractivity contribution in [3.05, 3.63) is 54.1 Å². The predicted octanol–water partition coefficient (Wildman–Crippen LogP) is 3.23. The first-order valence-electron chi connectivity index (χ1n) is 7.57. The van der Waals surface area contributed by atoms with Gasteiger partial charge < -0.3 is 14.2 Å². The van der Waals surface area contributed by atoms with E-state index >= 15 is 0 Å². The molecule has 0 aliphatic rings. The largest absolute Gasteiger partial charge is 0.491 e. The highest BCUT2D eigenvalue weighted by atomic mass is 16.6. The molecule has 0 saturated heterocycles. The Labute approximate surface area is 141 Å². The molecule has 0 aromatic heterocycles.